The van der Waals surface area contributed by atoms with E-state index in [2.05, 4.69) is 4.98 Å². The Morgan fingerprint density at radius 2 is 2.18 bits per heavy atom. The molecule has 3 nitrogen and oxygen atoms in total. The first kappa shape index (κ1) is 10.6. The van der Waals surface area contributed by atoms with Crippen LogP contribution in [0.25, 0.3) is 0 Å². The molecule has 1 aromatic heterocycles. The minimum Gasteiger partial charge on any atom is -0.543 e. The maximum atomic E-state index is 10.1. The van der Waals surface area contributed by atoms with Gasteiger partial charge in [-0.25, -0.2) is 0 Å². The van der Waals surface area contributed by atoms with Crippen LogP contribution in [0.1, 0.15) is 16.1 Å². The summed E-state index contributed by atoms with van der Waals surface area (Å²) >= 11 is 0. The number of aromatic carboxylic acids is 1. The molecule has 1 heterocycles. The Hall–Kier alpha value is -0.380. The summed E-state index contributed by atoms with van der Waals surface area (Å²) in [6.45, 7) is 1.84. The number of hydrogen-bond donors (Lipinski definition) is 0. The van der Waals surface area contributed by atoms with Crippen LogP contribution in [0.2, 0.25) is 0 Å². The van der Waals surface area contributed by atoms with Gasteiger partial charge in [0.2, 0.25) is 0 Å². The Kier molecular flexibility index (Phi) is 4.33. The number of carbonyl (C=O) groups is 1. The maximum Gasteiger partial charge on any atom is 1.00 e. The summed E-state index contributed by atoms with van der Waals surface area (Å²) in [5.74, 6) is -1.24. The number of nitrogens with zero attached hydrogens (tertiary/aromatic N) is 1. The third-order valence-electron chi connectivity index (χ3n) is 1.12. The Labute approximate surface area is 86.8 Å². The van der Waals surface area contributed by atoms with Gasteiger partial charge in [0.05, 0.1) is 11.7 Å². The molecule has 11 heavy (non-hydrogen) atoms. The van der Waals surface area contributed by atoms with E-state index in [1.807, 2.05) is 6.92 Å². The molecular formula is C7H6NNaO2. The van der Waals surface area contributed by atoms with Crippen molar-refractivity contribution >= 4 is 5.97 Å². The van der Waals surface area contributed by atoms with Crippen molar-refractivity contribution in [2.75, 3.05) is 0 Å². The van der Waals surface area contributed by atoms with E-state index in [9.17, 15) is 9.90 Å². The summed E-state index contributed by atoms with van der Waals surface area (Å²) in [6.07, 6.45) is 1.49. The molecule has 0 aliphatic carbocycles. The smallest absolute Gasteiger partial charge is 0.543 e. The van der Waals surface area contributed by atoms with Crippen LogP contribution in [-0.2, 0) is 0 Å². The third kappa shape index (κ3) is 3.01. The van der Waals surface area contributed by atoms with Gasteiger partial charge in [0.15, 0.2) is 0 Å². The van der Waals surface area contributed by atoms with Crippen molar-refractivity contribution in [2.45, 2.75) is 6.92 Å². The molecule has 0 saturated carbocycles. The van der Waals surface area contributed by atoms with Gasteiger partial charge in [-0.15, -0.1) is 0 Å². The van der Waals surface area contributed by atoms with Gasteiger partial charge in [0, 0.05) is 6.20 Å². The fourth-order valence-electron chi connectivity index (χ4n) is 0.589. The molecule has 0 atom stereocenters. The maximum absolute atomic E-state index is 10.1. The van der Waals surface area contributed by atoms with Gasteiger partial charge in [-0.1, -0.05) is 6.07 Å². The summed E-state index contributed by atoms with van der Waals surface area (Å²) in [4.78, 5) is 13.8. The molecule has 0 saturated heterocycles. The fraction of sp³-hybridized carbons (Fsp3) is 0.143. The summed E-state index contributed by atoms with van der Waals surface area (Å²) in [6, 6.07) is 3.10. The SMILES string of the molecule is Cc1ccc(C(=O)[O-])nc1.[Na+]. The minimum atomic E-state index is -1.24. The first-order chi connectivity index (χ1) is 4.70. The second-order valence-corrected chi connectivity index (χ2v) is 2.01. The summed E-state index contributed by atoms with van der Waals surface area (Å²) in [5.41, 5.74) is 0.913. The van der Waals surface area contributed by atoms with E-state index in [0.717, 1.165) is 5.56 Å². The van der Waals surface area contributed by atoms with Gasteiger partial charge in [-0.2, -0.15) is 0 Å². The van der Waals surface area contributed by atoms with Crippen LogP contribution in [0.4, 0.5) is 0 Å². The molecule has 0 unspecified atom stereocenters. The zero-order valence-corrected chi connectivity index (χ0v) is 8.50. The number of aromatic nitrogens is 1. The van der Waals surface area contributed by atoms with E-state index in [1.165, 1.54) is 12.3 Å². The summed E-state index contributed by atoms with van der Waals surface area (Å²) < 4.78 is 0. The molecule has 0 aliphatic rings. The van der Waals surface area contributed by atoms with Crippen LogP contribution >= 0.6 is 0 Å². The largest absolute Gasteiger partial charge is 1.00 e. The number of carboxylic acids is 1. The molecule has 4 heteroatoms. The molecule has 0 aromatic carbocycles. The molecule has 0 fully saturated rings. The Morgan fingerprint density at radius 1 is 1.55 bits per heavy atom. The van der Waals surface area contributed by atoms with Crippen LogP contribution in [0, 0.1) is 6.92 Å². The van der Waals surface area contributed by atoms with Gasteiger partial charge in [-0.3, -0.25) is 4.98 Å². The fourth-order valence-corrected chi connectivity index (χ4v) is 0.589. The number of aryl methyl sites for hydroxylation is 1. The van der Waals surface area contributed by atoms with Gasteiger partial charge in [0.1, 0.15) is 0 Å². The zero-order chi connectivity index (χ0) is 7.56. The van der Waals surface area contributed by atoms with Crippen molar-refractivity contribution in [3.63, 3.8) is 0 Å². The topological polar surface area (TPSA) is 53.0 Å². The molecule has 0 amide bonds. The average Bonchev–Trinajstić information content (AvgIpc) is 1.88. The molecule has 0 aliphatic heterocycles. The van der Waals surface area contributed by atoms with Crippen molar-refractivity contribution in [1.29, 1.82) is 0 Å². The number of hydrogen-bond acceptors (Lipinski definition) is 3. The van der Waals surface area contributed by atoms with E-state index in [4.69, 9.17) is 0 Å². The van der Waals surface area contributed by atoms with Crippen LogP contribution in [0.3, 0.4) is 0 Å². The number of carbonyl (C=O) groups excluding carboxylic acids is 1. The van der Waals surface area contributed by atoms with Crippen molar-refractivity contribution in [2.24, 2.45) is 0 Å². The third-order valence-corrected chi connectivity index (χ3v) is 1.12. The Balaban J connectivity index is 0.000001000. The predicted molar refractivity (Wildman–Crippen MR) is 33.3 cm³/mol. The molecule has 1 aromatic rings. The van der Waals surface area contributed by atoms with E-state index < -0.39 is 5.97 Å². The van der Waals surface area contributed by atoms with Gasteiger partial charge in [-0.05, 0) is 18.6 Å². The van der Waals surface area contributed by atoms with E-state index >= 15 is 0 Å². The van der Waals surface area contributed by atoms with Crippen LogP contribution < -0.4 is 34.7 Å². The van der Waals surface area contributed by atoms with Crippen molar-refractivity contribution in [3.05, 3.63) is 29.6 Å². The normalized spacial score (nSPS) is 8.45. The predicted octanol–water partition coefficient (Wildman–Crippen LogP) is -3.24. The molecule has 0 bridgehead atoms. The molecule has 0 N–H and O–H groups in total. The van der Waals surface area contributed by atoms with E-state index in [0.29, 0.717) is 0 Å². The molecule has 0 spiro atoms. The van der Waals surface area contributed by atoms with Gasteiger partial charge in [0.25, 0.3) is 0 Å². The monoisotopic (exact) mass is 159 g/mol. The van der Waals surface area contributed by atoms with E-state index in [-0.39, 0.29) is 35.3 Å². The second kappa shape index (κ2) is 4.49. The average molecular weight is 159 g/mol. The quantitative estimate of drug-likeness (QED) is 0.404. The summed E-state index contributed by atoms with van der Waals surface area (Å²) in [5, 5.41) is 10.1. The first-order valence-corrected chi connectivity index (χ1v) is 2.84. The van der Waals surface area contributed by atoms with Gasteiger partial charge >= 0.3 is 29.6 Å². The van der Waals surface area contributed by atoms with Crippen LogP contribution in [-0.4, -0.2) is 11.0 Å². The molecular weight excluding hydrogens is 153 g/mol. The number of pyridine rings is 1. The first-order valence-electron chi connectivity index (χ1n) is 2.84. The van der Waals surface area contributed by atoms with Crippen molar-refractivity contribution < 1.29 is 39.5 Å². The molecule has 1 rings (SSSR count). The zero-order valence-electron chi connectivity index (χ0n) is 6.50. The summed E-state index contributed by atoms with van der Waals surface area (Å²) in [7, 11) is 0. The molecule has 0 radical (unpaired) electrons. The molecule has 52 valence electrons. The Morgan fingerprint density at radius 3 is 2.55 bits per heavy atom. The second-order valence-electron chi connectivity index (χ2n) is 2.01. The minimum absolute atomic E-state index is 0. The Bertz CT molecular complexity index is 245. The van der Waals surface area contributed by atoms with Crippen LogP contribution in [0.15, 0.2) is 18.3 Å². The van der Waals surface area contributed by atoms with E-state index in [1.54, 1.807) is 6.07 Å². The number of carboxylic acid groups (broad SMARTS) is 1. The van der Waals surface area contributed by atoms with Crippen LogP contribution in [0.5, 0.6) is 0 Å². The number of rotatable bonds is 1. The van der Waals surface area contributed by atoms with Gasteiger partial charge < -0.3 is 9.90 Å². The van der Waals surface area contributed by atoms with Crippen molar-refractivity contribution in [1.82, 2.24) is 4.98 Å². The standard InChI is InChI=1S/C7H7NO2.Na/c1-5-2-3-6(7(9)10)8-4-5;/h2-4H,1H3,(H,9,10);/q;+1/p-1. The van der Waals surface area contributed by atoms with Crippen molar-refractivity contribution in [3.8, 4) is 0 Å².